The predicted molar refractivity (Wildman–Crippen MR) is 98.5 cm³/mol. The van der Waals surface area contributed by atoms with E-state index in [9.17, 15) is 8.42 Å². The highest BCUT2D eigenvalue weighted by atomic mass is 127. The van der Waals surface area contributed by atoms with E-state index in [1.54, 1.807) is 24.3 Å². The van der Waals surface area contributed by atoms with Crippen molar-refractivity contribution < 1.29 is 8.42 Å². The number of benzene rings is 2. The molecule has 0 atom stereocenters. The highest BCUT2D eigenvalue weighted by molar-refractivity contribution is 14.1. The van der Waals surface area contributed by atoms with E-state index >= 15 is 0 Å². The van der Waals surface area contributed by atoms with E-state index in [-0.39, 0.29) is 11.4 Å². The summed E-state index contributed by atoms with van der Waals surface area (Å²) in [5, 5.41) is 5.87. The van der Waals surface area contributed by atoms with Crippen LogP contribution in [0.4, 0.5) is 0 Å². The maximum absolute atomic E-state index is 12.2. The van der Waals surface area contributed by atoms with Crippen molar-refractivity contribution in [3.63, 3.8) is 0 Å². The lowest BCUT2D eigenvalue weighted by molar-refractivity contribution is 0.581. The molecular weight excluding hydrogens is 445 g/mol. The van der Waals surface area contributed by atoms with Crippen molar-refractivity contribution in [2.75, 3.05) is 0 Å². The molecule has 0 spiro atoms. The summed E-state index contributed by atoms with van der Waals surface area (Å²) < 4.78 is 31.9. The zero-order chi connectivity index (χ0) is 16.3. The molecule has 8 heteroatoms. The molecule has 0 aliphatic carbocycles. The van der Waals surface area contributed by atoms with E-state index in [0.29, 0.717) is 0 Å². The van der Waals surface area contributed by atoms with E-state index in [2.05, 4.69) is 36.9 Å². The molecule has 0 radical (unpaired) electrons. The number of halogens is 1. The summed E-state index contributed by atoms with van der Waals surface area (Å²) in [5.74, 6) is 0. The van der Waals surface area contributed by atoms with Crippen LogP contribution in [0.15, 0.2) is 58.8 Å². The van der Waals surface area contributed by atoms with Gasteiger partial charge in [-0.2, -0.15) is 0 Å². The van der Waals surface area contributed by atoms with E-state index < -0.39 is 10.0 Å². The number of nitrogens with zero attached hydrogens (tertiary/aromatic N) is 2. The van der Waals surface area contributed by atoms with Crippen LogP contribution in [0.1, 0.15) is 5.56 Å². The maximum atomic E-state index is 12.2. The van der Waals surface area contributed by atoms with Crippen LogP contribution >= 0.6 is 34.1 Å². The molecule has 3 aromatic rings. The molecule has 0 aliphatic rings. The Morgan fingerprint density at radius 3 is 2.35 bits per heavy atom. The molecule has 118 valence electrons. The monoisotopic (exact) mass is 457 g/mol. The summed E-state index contributed by atoms with van der Waals surface area (Å²) in [5.41, 5.74) is 2.66. The molecule has 0 unspecified atom stereocenters. The Bertz CT molecular complexity index is 877. The van der Waals surface area contributed by atoms with Gasteiger partial charge in [0, 0.05) is 21.1 Å². The van der Waals surface area contributed by atoms with Crippen LogP contribution in [0, 0.1) is 3.57 Å². The molecule has 0 fully saturated rings. The Balaban J connectivity index is 1.69. The first-order chi connectivity index (χ1) is 11.0. The third-order valence-electron chi connectivity index (χ3n) is 3.20. The second-order valence-corrected chi connectivity index (χ2v) is 8.39. The summed E-state index contributed by atoms with van der Waals surface area (Å²) in [4.78, 5) is 0.267. The van der Waals surface area contributed by atoms with Crippen LogP contribution < -0.4 is 4.72 Å². The van der Waals surface area contributed by atoms with Crippen molar-refractivity contribution in [1.82, 2.24) is 14.3 Å². The third-order valence-corrected chi connectivity index (χ3v) is 5.84. The molecule has 0 saturated carbocycles. The molecule has 2 aromatic carbocycles. The molecule has 1 N–H and O–H groups in total. The summed E-state index contributed by atoms with van der Waals surface area (Å²) >= 11 is 3.44. The fourth-order valence-corrected chi connectivity index (χ4v) is 3.80. The number of hydrogen-bond acceptors (Lipinski definition) is 5. The van der Waals surface area contributed by atoms with Gasteiger partial charge in [-0.1, -0.05) is 28.8 Å². The van der Waals surface area contributed by atoms with Gasteiger partial charge in [0.25, 0.3) is 0 Å². The van der Waals surface area contributed by atoms with E-state index in [0.717, 1.165) is 20.4 Å². The molecule has 1 heterocycles. The second kappa shape index (κ2) is 7.04. The first-order valence-corrected chi connectivity index (χ1v) is 10.1. The topological polar surface area (TPSA) is 72.0 Å². The molecule has 0 bridgehead atoms. The Hall–Kier alpha value is -1.36. The SMILES string of the molecule is O=S(=O)(NCc1ccc(-c2csnn2)cc1)c1ccc(I)cc1. The molecule has 0 saturated heterocycles. The molecule has 5 nitrogen and oxygen atoms in total. The Kier molecular flexibility index (Phi) is 5.05. The molecule has 1 aromatic heterocycles. The minimum Gasteiger partial charge on any atom is -0.207 e. The average molecular weight is 457 g/mol. The van der Waals surface area contributed by atoms with E-state index in [1.165, 1.54) is 11.5 Å². The predicted octanol–water partition coefficient (Wildman–Crippen LogP) is 3.29. The molecule has 0 aliphatic heterocycles. The van der Waals surface area contributed by atoms with Gasteiger partial charge in [0.2, 0.25) is 10.0 Å². The highest BCUT2D eigenvalue weighted by Gasteiger charge is 2.13. The van der Waals surface area contributed by atoms with Gasteiger partial charge in [-0.15, -0.1) is 5.10 Å². The summed E-state index contributed by atoms with van der Waals surface area (Å²) in [6.07, 6.45) is 0. The van der Waals surface area contributed by atoms with Gasteiger partial charge >= 0.3 is 0 Å². The van der Waals surface area contributed by atoms with Crippen LogP contribution in [0.3, 0.4) is 0 Å². The van der Waals surface area contributed by atoms with Gasteiger partial charge in [-0.25, -0.2) is 13.1 Å². The number of aromatic nitrogens is 2. The number of hydrogen-bond donors (Lipinski definition) is 1. The lowest BCUT2D eigenvalue weighted by Gasteiger charge is -2.07. The Morgan fingerprint density at radius 2 is 1.74 bits per heavy atom. The van der Waals surface area contributed by atoms with Crippen LogP contribution in [0.25, 0.3) is 11.3 Å². The van der Waals surface area contributed by atoms with Crippen molar-refractivity contribution >= 4 is 44.1 Å². The molecule has 0 amide bonds. The zero-order valence-corrected chi connectivity index (χ0v) is 15.6. The zero-order valence-electron chi connectivity index (χ0n) is 11.8. The van der Waals surface area contributed by atoms with Crippen molar-refractivity contribution in [2.24, 2.45) is 0 Å². The number of nitrogens with one attached hydrogen (secondary N) is 1. The fraction of sp³-hybridized carbons (Fsp3) is 0.0667. The first kappa shape index (κ1) is 16.5. The normalized spacial score (nSPS) is 11.5. The van der Waals surface area contributed by atoms with Crippen LogP contribution in [-0.4, -0.2) is 18.0 Å². The van der Waals surface area contributed by atoms with Gasteiger partial charge in [0.15, 0.2) is 0 Å². The van der Waals surface area contributed by atoms with Crippen molar-refractivity contribution in [2.45, 2.75) is 11.4 Å². The summed E-state index contributed by atoms with van der Waals surface area (Å²) in [6.45, 7) is 0.240. The average Bonchev–Trinajstić information content (AvgIpc) is 3.08. The largest absolute Gasteiger partial charge is 0.240 e. The Morgan fingerprint density at radius 1 is 1.04 bits per heavy atom. The molecular formula is C15H12IN3O2S2. The quantitative estimate of drug-likeness (QED) is 0.597. The first-order valence-electron chi connectivity index (χ1n) is 6.66. The van der Waals surface area contributed by atoms with Crippen molar-refractivity contribution in [3.05, 3.63) is 63.0 Å². The van der Waals surface area contributed by atoms with Crippen LogP contribution in [0.5, 0.6) is 0 Å². The minimum atomic E-state index is -3.50. The van der Waals surface area contributed by atoms with Gasteiger partial charge in [-0.05, 0) is 64.0 Å². The maximum Gasteiger partial charge on any atom is 0.240 e. The van der Waals surface area contributed by atoms with Crippen LogP contribution in [0.2, 0.25) is 0 Å². The fourth-order valence-electron chi connectivity index (χ4n) is 1.96. The lowest BCUT2D eigenvalue weighted by atomic mass is 10.1. The third kappa shape index (κ3) is 4.14. The standard InChI is InChI=1S/C15H12IN3O2S2/c16-13-5-7-14(8-6-13)23(20,21)17-9-11-1-3-12(4-2-11)15-10-22-19-18-15/h1-8,10,17H,9H2. The van der Waals surface area contributed by atoms with Gasteiger partial charge in [-0.3, -0.25) is 0 Å². The van der Waals surface area contributed by atoms with Crippen LogP contribution in [-0.2, 0) is 16.6 Å². The van der Waals surface area contributed by atoms with Gasteiger partial charge in [0.05, 0.1) is 4.90 Å². The summed E-state index contributed by atoms with van der Waals surface area (Å²) in [6, 6.07) is 14.3. The van der Waals surface area contributed by atoms with Gasteiger partial charge < -0.3 is 0 Å². The highest BCUT2D eigenvalue weighted by Crippen LogP contribution is 2.18. The summed E-state index contributed by atoms with van der Waals surface area (Å²) in [7, 11) is -3.50. The van der Waals surface area contributed by atoms with Crippen molar-refractivity contribution in [3.8, 4) is 11.3 Å². The number of rotatable bonds is 5. The lowest BCUT2D eigenvalue weighted by Crippen LogP contribution is -2.23. The smallest absolute Gasteiger partial charge is 0.207 e. The minimum absolute atomic E-state index is 0.240. The van der Waals surface area contributed by atoms with E-state index in [4.69, 9.17) is 0 Å². The Labute approximate surface area is 152 Å². The molecule has 23 heavy (non-hydrogen) atoms. The van der Waals surface area contributed by atoms with E-state index in [1.807, 2.05) is 29.6 Å². The second-order valence-electron chi connectivity index (χ2n) is 4.77. The van der Waals surface area contributed by atoms with Gasteiger partial charge in [0.1, 0.15) is 5.69 Å². The number of sulfonamides is 1. The van der Waals surface area contributed by atoms with Crippen molar-refractivity contribution in [1.29, 1.82) is 0 Å². The molecule has 3 rings (SSSR count).